The Hall–Kier alpha value is -4.34. The van der Waals surface area contributed by atoms with Gasteiger partial charge in [0.25, 0.3) is 5.91 Å². The number of hydrogen-bond donors (Lipinski definition) is 3. The number of carbonyl (C=O) groups excluding carboxylic acids is 6. The third-order valence-corrected chi connectivity index (χ3v) is 7.98. The zero-order valence-electron chi connectivity index (χ0n) is 27.3. The van der Waals surface area contributed by atoms with Crippen molar-refractivity contribution in [3.63, 3.8) is 0 Å². The zero-order chi connectivity index (χ0) is 33.6. The van der Waals surface area contributed by atoms with E-state index in [2.05, 4.69) is 16.0 Å². The van der Waals surface area contributed by atoms with Gasteiger partial charge in [0.2, 0.25) is 11.7 Å². The van der Waals surface area contributed by atoms with Crippen LogP contribution in [0.1, 0.15) is 77.3 Å². The van der Waals surface area contributed by atoms with E-state index in [1.807, 2.05) is 74.5 Å². The molecule has 0 aromatic heterocycles. The highest BCUT2D eigenvalue weighted by molar-refractivity contribution is 6.38. The fourth-order valence-corrected chi connectivity index (χ4v) is 5.67. The molecule has 4 atom stereocenters. The van der Waals surface area contributed by atoms with Crippen molar-refractivity contribution in [2.24, 2.45) is 17.8 Å². The number of ketones is 3. The summed E-state index contributed by atoms with van der Waals surface area (Å²) in [5.41, 5.74) is 1.61. The van der Waals surface area contributed by atoms with Crippen molar-refractivity contribution >= 4 is 35.3 Å². The van der Waals surface area contributed by atoms with Crippen molar-refractivity contribution < 1.29 is 33.5 Å². The second-order valence-corrected chi connectivity index (χ2v) is 12.8. The van der Waals surface area contributed by atoms with Crippen LogP contribution in [-0.2, 0) is 41.7 Å². The lowest BCUT2D eigenvalue weighted by molar-refractivity contribution is -0.141. The highest BCUT2D eigenvalue weighted by Crippen LogP contribution is 2.26. The Kier molecular flexibility index (Phi) is 14.1. The summed E-state index contributed by atoms with van der Waals surface area (Å²) in [5.74, 6) is -3.79. The molecule has 3 amide bonds. The summed E-state index contributed by atoms with van der Waals surface area (Å²) in [4.78, 5) is 78.6. The van der Waals surface area contributed by atoms with E-state index < -0.39 is 47.6 Å². The molecule has 2 aromatic rings. The van der Waals surface area contributed by atoms with Crippen molar-refractivity contribution in [3.8, 4) is 0 Å². The number of hydrogen-bond acceptors (Lipinski definition) is 7. The van der Waals surface area contributed by atoms with Gasteiger partial charge in [-0.15, -0.1) is 0 Å². The first-order chi connectivity index (χ1) is 21.9. The molecule has 248 valence electrons. The minimum absolute atomic E-state index is 0.0132. The lowest BCUT2D eigenvalue weighted by atomic mass is 9.87. The number of alkyl carbamates (subject to hydrolysis) is 1. The SMILES string of the molecule is CC(C)C[C@H](CC(=O)[C@H](Cc1ccccc1)NC(=O)OCc1ccccc1)C(=O)N[C@@H](C[C@@H]1CCCC1=O)C(=O)C(=O)NC(C)C. The van der Waals surface area contributed by atoms with Crippen molar-refractivity contribution in [2.45, 2.75) is 97.4 Å². The Labute approximate surface area is 271 Å². The molecule has 2 aromatic carbocycles. The summed E-state index contributed by atoms with van der Waals surface area (Å²) in [6.45, 7) is 7.31. The summed E-state index contributed by atoms with van der Waals surface area (Å²) in [7, 11) is 0. The van der Waals surface area contributed by atoms with Gasteiger partial charge in [-0.25, -0.2) is 4.79 Å². The molecule has 3 N–H and O–H groups in total. The Bertz CT molecular complexity index is 1340. The van der Waals surface area contributed by atoms with E-state index in [0.717, 1.165) is 11.1 Å². The molecule has 46 heavy (non-hydrogen) atoms. The first-order valence-electron chi connectivity index (χ1n) is 16.1. The molecule has 0 aliphatic heterocycles. The predicted octanol–water partition coefficient (Wildman–Crippen LogP) is 4.48. The van der Waals surface area contributed by atoms with Gasteiger partial charge in [0, 0.05) is 30.7 Å². The molecular weight excluding hydrogens is 586 g/mol. The second-order valence-electron chi connectivity index (χ2n) is 12.8. The number of carbonyl (C=O) groups is 6. The predicted molar refractivity (Wildman–Crippen MR) is 173 cm³/mol. The summed E-state index contributed by atoms with van der Waals surface area (Å²) in [6, 6.07) is 15.9. The third-order valence-electron chi connectivity index (χ3n) is 7.98. The highest BCUT2D eigenvalue weighted by atomic mass is 16.5. The van der Waals surface area contributed by atoms with Crippen LogP contribution in [0.15, 0.2) is 60.7 Å². The molecule has 10 heteroatoms. The molecule has 0 spiro atoms. The molecule has 0 radical (unpaired) electrons. The van der Waals surface area contributed by atoms with E-state index >= 15 is 0 Å². The standard InChI is InChI=1S/C36H47N3O7/c1-23(2)18-28(34(43)38-30(20-27-16-11-17-31(27)40)33(42)35(44)37-24(3)4)21-32(41)29(19-25-12-7-5-8-13-25)39-36(45)46-22-26-14-9-6-10-15-26/h5-10,12-15,23-24,27-30H,11,16-22H2,1-4H3,(H,37,44)(H,38,43)(H,39,45)/t27-,28+,29-,30-/m0/s1. The van der Waals surface area contributed by atoms with Gasteiger partial charge in [0.1, 0.15) is 12.4 Å². The van der Waals surface area contributed by atoms with Crippen LogP contribution in [0.25, 0.3) is 0 Å². The molecule has 1 aliphatic carbocycles. The molecular formula is C36H47N3O7. The number of benzene rings is 2. The number of rotatable bonds is 17. The molecule has 1 fully saturated rings. The normalized spacial score (nSPS) is 16.4. The van der Waals surface area contributed by atoms with Crippen LogP contribution in [-0.4, -0.2) is 53.4 Å². The minimum Gasteiger partial charge on any atom is -0.445 e. The lowest BCUT2D eigenvalue weighted by Crippen LogP contribution is -2.51. The maximum atomic E-state index is 13.8. The third kappa shape index (κ3) is 11.9. The van der Waals surface area contributed by atoms with Gasteiger partial charge in [-0.2, -0.15) is 0 Å². The van der Waals surface area contributed by atoms with Crippen LogP contribution in [0, 0.1) is 17.8 Å². The Morgan fingerprint density at radius 2 is 1.46 bits per heavy atom. The molecule has 10 nitrogen and oxygen atoms in total. The van der Waals surface area contributed by atoms with Crippen LogP contribution in [0.5, 0.6) is 0 Å². The number of ether oxygens (including phenoxy) is 1. The topological polar surface area (TPSA) is 148 Å². The highest BCUT2D eigenvalue weighted by Gasteiger charge is 2.36. The van der Waals surface area contributed by atoms with E-state index in [1.54, 1.807) is 13.8 Å². The largest absolute Gasteiger partial charge is 0.445 e. The van der Waals surface area contributed by atoms with Crippen LogP contribution in [0.4, 0.5) is 4.79 Å². The smallest absolute Gasteiger partial charge is 0.408 e. The van der Waals surface area contributed by atoms with E-state index in [9.17, 15) is 28.8 Å². The average Bonchev–Trinajstić information content (AvgIpc) is 3.42. The number of amides is 3. The van der Waals surface area contributed by atoms with Gasteiger partial charge < -0.3 is 20.7 Å². The molecule has 0 heterocycles. The first kappa shape index (κ1) is 36.1. The fraction of sp³-hybridized carbons (Fsp3) is 0.500. The molecule has 0 saturated heterocycles. The Balaban J connectivity index is 1.77. The van der Waals surface area contributed by atoms with Crippen molar-refractivity contribution in [2.75, 3.05) is 0 Å². The fourth-order valence-electron chi connectivity index (χ4n) is 5.67. The van der Waals surface area contributed by atoms with Gasteiger partial charge in [-0.1, -0.05) is 74.5 Å². The van der Waals surface area contributed by atoms with Gasteiger partial charge >= 0.3 is 6.09 Å². The zero-order valence-corrected chi connectivity index (χ0v) is 27.3. The molecule has 0 unspecified atom stereocenters. The van der Waals surface area contributed by atoms with Gasteiger partial charge in [-0.05, 0) is 63.0 Å². The minimum atomic E-state index is -1.20. The molecule has 3 rings (SSSR count). The molecule has 1 aliphatic rings. The van der Waals surface area contributed by atoms with Gasteiger partial charge in [0.15, 0.2) is 5.78 Å². The average molecular weight is 634 g/mol. The maximum absolute atomic E-state index is 13.8. The summed E-state index contributed by atoms with van der Waals surface area (Å²) < 4.78 is 5.38. The van der Waals surface area contributed by atoms with Crippen LogP contribution in [0.2, 0.25) is 0 Å². The maximum Gasteiger partial charge on any atom is 0.408 e. The summed E-state index contributed by atoms with van der Waals surface area (Å²) in [6.07, 6.45) is 1.28. The Morgan fingerprint density at radius 1 is 0.826 bits per heavy atom. The quantitative estimate of drug-likeness (QED) is 0.218. The van der Waals surface area contributed by atoms with Crippen LogP contribution < -0.4 is 16.0 Å². The second kappa shape index (κ2) is 18.0. The van der Waals surface area contributed by atoms with E-state index in [1.165, 1.54) is 0 Å². The monoisotopic (exact) mass is 633 g/mol. The lowest BCUT2D eigenvalue weighted by Gasteiger charge is -2.25. The Morgan fingerprint density at radius 3 is 2.02 bits per heavy atom. The van der Waals surface area contributed by atoms with E-state index in [4.69, 9.17) is 4.74 Å². The first-order valence-corrected chi connectivity index (χ1v) is 16.1. The van der Waals surface area contributed by atoms with Gasteiger partial charge in [-0.3, -0.25) is 24.0 Å². The molecule has 0 bridgehead atoms. The summed E-state index contributed by atoms with van der Waals surface area (Å²) in [5, 5.41) is 7.99. The molecule has 1 saturated carbocycles. The van der Waals surface area contributed by atoms with Gasteiger partial charge in [0.05, 0.1) is 12.1 Å². The number of Topliss-reactive ketones (excluding diaryl/α,β-unsaturated/α-hetero) is 3. The van der Waals surface area contributed by atoms with E-state index in [-0.39, 0.29) is 49.4 Å². The van der Waals surface area contributed by atoms with Crippen LogP contribution >= 0.6 is 0 Å². The summed E-state index contributed by atoms with van der Waals surface area (Å²) >= 11 is 0. The van der Waals surface area contributed by atoms with Crippen molar-refractivity contribution in [1.82, 2.24) is 16.0 Å². The van der Waals surface area contributed by atoms with Crippen molar-refractivity contribution in [1.29, 1.82) is 0 Å². The van der Waals surface area contributed by atoms with Crippen LogP contribution in [0.3, 0.4) is 0 Å². The van der Waals surface area contributed by atoms with Crippen molar-refractivity contribution in [3.05, 3.63) is 71.8 Å². The van der Waals surface area contributed by atoms with E-state index in [0.29, 0.717) is 25.7 Å². The number of nitrogens with one attached hydrogen (secondary N) is 3.